The molecule has 0 unspecified atom stereocenters. The molecule has 2 heterocycles. The number of thiophene rings is 1. The van der Waals surface area contributed by atoms with Gasteiger partial charge in [-0.1, -0.05) is 26.7 Å². The number of aromatic nitrogens is 2. The molecular weight excluding hydrogens is 248 g/mol. The molecule has 18 heavy (non-hydrogen) atoms. The van der Waals surface area contributed by atoms with Gasteiger partial charge >= 0.3 is 5.69 Å². The van der Waals surface area contributed by atoms with Crippen molar-refractivity contribution in [1.82, 2.24) is 9.55 Å². The van der Waals surface area contributed by atoms with E-state index in [0.29, 0.717) is 11.9 Å². The lowest BCUT2D eigenvalue weighted by Gasteiger charge is -2.05. The van der Waals surface area contributed by atoms with E-state index in [1.165, 1.54) is 0 Å². The molecule has 0 aliphatic rings. The van der Waals surface area contributed by atoms with Gasteiger partial charge in [0.1, 0.15) is 4.83 Å². The SMILES string of the molecule is CCCCCn1c(=O)[nH]c(=O)c2cc(CC)sc21. The van der Waals surface area contributed by atoms with E-state index in [1.807, 2.05) is 6.07 Å². The number of aryl methyl sites for hydroxylation is 2. The van der Waals surface area contributed by atoms with E-state index in [-0.39, 0.29) is 11.2 Å². The van der Waals surface area contributed by atoms with Crippen molar-refractivity contribution < 1.29 is 0 Å². The van der Waals surface area contributed by atoms with Crippen molar-refractivity contribution >= 4 is 21.6 Å². The lowest BCUT2D eigenvalue weighted by Crippen LogP contribution is -2.29. The third-order valence-electron chi connectivity index (χ3n) is 3.05. The Labute approximate surface area is 109 Å². The summed E-state index contributed by atoms with van der Waals surface area (Å²) in [6.07, 6.45) is 4.07. The van der Waals surface area contributed by atoms with Crippen molar-refractivity contribution in [1.29, 1.82) is 0 Å². The molecule has 0 saturated carbocycles. The maximum atomic E-state index is 11.9. The van der Waals surface area contributed by atoms with Crippen LogP contribution < -0.4 is 11.2 Å². The molecule has 0 aromatic carbocycles. The Morgan fingerprint density at radius 1 is 1.28 bits per heavy atom. The molecule has 0 radical (unpaired) electrons. The average Bonchev–Trinajstić information content (AvgIpc) is 2.78. The molecule has 0 bridgehead atoms. The minimum atomic E-state index is -0.284. The molecule has 4 nitrogen and oxygen atoms in total. The van der Waals surface area contributed by atoms with Crippen LogP contribution in [0.3, 0.4) is 0 Å². The summed E-state index contributed by atoms with van der Waals surface area (Å²) >= 11 is 1.55. The molecule has 98 valence electrons. The molecule has 0 amide bonds. The minimum Gasteiger partial charge on any atom is -0.285 e. The molecule has 0 aliphatic heterocycles. The van der Waals surface area contributed by atoms with Crippen LogP contribution in [0.15, 0.2) is 15.7 Å². The van der Waals surface area contributed by atoms with Crippen LogP contribution in [0.1, 0.15) is 38.0 Å². The van der Waals surface area contributed by atoms with Gasteiger partial charge in [0, 0.05) is 11.4 Å². The second-order valence-electron chi connectivity index (χ2n) is 4.40. The molecule has 0 spiro atoms. The summed E-state index contributed by atoms with van der Waals surface area (Å²) in [5, 5.41) is 0.646. The van der Waals surface area contributed by atoms with Crippen molar-refractivity contribution in [2.24, 2.45) is 0 Å². The maximum absolute atomic E-state index is 11.9. The highest BCUT2D eigenvalue weighted by molar-refractivity contribution is 7.18. The Morgan fingerprint density at radius 2 is 2.06 bits per heavy atom. The van der Waals surface area contributed by atoms with Gasteiger partial charge in [0.05, 0.1) is 5.39 Å². The predicted octanol–water partition coefficient (Wildman–Crippen LogP) is 2.50. The topological polar surface area (TPSA) is 54.9 Å². The molecule has 0 fully saturated rings. The van der Waals surface area contributed by atoms with Crippen LogP contribution >= 0.6 is 11.3 Å². The van der Waals surface area contributed by atoms with Crippen molar-refractivity contribution in [2.75, 3.05) is 0 Å². The van der Waals surface area contributed by atoms with Crippen molar-refractivity contribution in [3.05, 3.63) is 31.8 Å². The van der Waals surface area contributed by atoms with Crippen LogP contribution in [0.2, 0.25) is 0 Å². The molecule has 0 saturated heterocycles. The summed E-state index contributed by atoms with van der Waals surface area (Å²) < 4.78 is 1.70. The molecule has 1 N–H and O–H groups in total. The quantitative estimate of drug-likeness (QED) is 0.845. The van der Waals surface area contributed by atoms with Gasteiger partial charge in [-0.3, -0.25) is 14.3 Å². The van der Waals surface area contributed by atoms with E-state index in [9.17, 15) is 9.59 Å². The number of nitrogens with one attached hydrogen (secondary N) is 1. The van der Waals surface area contributed by atoms with E-state index < -0.39 is 0 Å². The Hall–Kier alpha value is -1.36. The second-order valence-corrected chi connectivity index (χ2v) is 5.52. The van der Waals surface area contributed by atoms with Crippen LogP contribution in [0, 0.1) is 0 Å². The van der Waals surface area contributed by atoms with Gasteiger partial charge < -0.3 is 0 Å². The summed E-state index contributed by atoms with van der Waals surface area (Å²) in [6, 6.07) is 1.90. The van der Waals surface area contributed by atoms with Gasteiger partial charge in [0.25, 0.3) is 5.56 Å². The third kappa shape index (κ3) is 2.41. The van der Waals surface area contributed by atoms with Crippen LogP contribution in [-0.2, 0) is 13.0 Å². The highest BCUT2D eigenvalue weighted by Gasteiger charge is 2.10. The maximum Gasteiger partial charge on any atom is 0.329 e. The van der Waals surface area contributed by atoms with Crippen LogP contribution in [0.25, 0.3) is 10.2 Å². The zero-order valence-electron chi connectivity index (χ0n) is 10.8. The highest BCUT2D eigenvalue weighted by atomic mass is 32.1. The first-order valence-electron chi connectivity index (χ1n) is 6.43. The molecule has 2 aromatic rings. The molecule has 2 aromatic heterocycles. The summed E-state index contributed by atoms with van der Waals surface area (Å²) in [7, 11) is 0. The Kier molecular flexibility index (Phi) is 4.01. The fourth-order valence-electron chi connectivity index (χ4n) is 2.02. The number of hydrogen-bond donors (Lipinski definition) is 1. The van der Waals surface area contributed by atoms with E-state index in [4.69, 9.17) is 0 Å². The Bertz CT molecular complexity index is 651. The van der Waals surface area contributed by atoms with Crippen molar-refractivity contribution in [2.45, 2.75) is 46.1 Å². The standard InChI is InChI=1S/C13H18N2O2S/c1-3-5-6-7-15-12-10(8-9(4-2)18-12)11(16)14-13(15)17/h8H,3-7H2,1-2H3,(H,14,16,17). The summed E-state index contributed by atoms with van der Waals surface area (Å²) in [6.45, 7) is 4.87. The third-order valence-corrected chi connectivity index (χ3v) is 4.35. The number of aromatic amines is 1. The minimum absolute atomic E-state index is 0.266. The van der Waals surface area contributed by atoms with Gasteiger partial charge in [-0.05, 0) is 18.9 Å². The van der Waals surface area contributed by atoms with Gasteiger partial charge in [0.15, 0.2) is 0 Å². The molecular formula is C13H18N2O2S. The number of unbranched alkanes of at least 4 members (excludes halogenated alkanes) is 2. The van der Waals surface area contributed by atoms with Crippen molar-refractivity contribution in [3.8, 4) is 0 Å². The van der Waals surface area contributed by atoms with E-state index >= 15 is 0 Å². The van der Waals surface area contributed by atoms with Crippen LogP contribution in [0.5, 0.6) is 0 Å². The fourth-order valence-corrected chi connectivity index (χ4v) is 3.13. The van der Waals surface area contributed by atoms with Gasteiger partial charge in [-0.25, -0.2) is 4.79 Å². The molecule has 0 atom stereocenters. The van der Waals surface area contributed by atoms with E-state index in [1.54, 1.807) is 15.9 Å². The molecule has 5 heteroatoms. The second kappa shape index (κ2) is 5.52. The monoisotopic (exact) mass is 266 g/mol. The summed E-state index contributed by atoms with van der Waals surface area (Å²) in [5.74, 6) is 0. The zero-order valence-corrected chi connectivity index (χ0v) is 11.6. The Morgan fingerprint density at radius 3 is 2.72 bits per heavy atom. The van der Waals surface area contributed by atoms with Gasteiger partial charge in [-0.15, -0.1) is 11.3 Å². The van der Waals surface area contributed by atoms with Gasteiger partial charge in [-0.2, -0.15) is 0 Å². The highest BCUT2D eigenvalue weighted by Crippen LogP contribution is 2.22. The fraction of sp³-hybridized carbons (Fsp3) is 0.538. The smallest absolute Gasteiger partial charge is 0.285 e. The normalized spacial score (nSPS) is 11.2. The first kappa shape index (κ1) is 13.1. The largest absolute Gasteiger partial charge is 0.329 e. The van der Waals surface area contributed by atoms with Crippen LogP contribution in [0.4, 0.5) is 0 Å². The number of nitrogens with zero attached hydrogens (tertiary/aromatic N) is 1. The van der Waals surface area contributed by atoms with Crippen molar-refractivity contribution in [3.63, 3.8) is 0 Å². The van der Waals surface area contributed by atoms with Gasteiger partial charge in [0.2, 0.25) is 0 Å². The first-order valence-corrected chi connectivity index (χ1v) is 7.24. The zero-order chi connectivity index (χ0) is 13.1. The first-order chi connectivity index (χ1) is 8.67. The lowest BCUT2D eigenvalue weighted by molar-refractivity contribution is 0.594. The molecule has 2 rings (SSSR count). The lowest BCUT2D eigenvalue weighted by atomic mass is 10.2. The average molecular weight is 266 g/mol. The Balaban J connectivity index is 2.53. The molecule has 0 aliphatic carbocycles. The van der Waals surface area contributed by atoms with E-state index in [2.05, 4.69) is 18.8 Å². The number of hydrogen-bond acceptors (Lipinski definition) is 3. The summed E-state index contributed by atoms with van der Waals surface area (Å²) in [5.41, 5.74) is -0.550. The van der Waals surface area contributed by atoms with Crippen LogP contribution in [-0.4, -0.2) is 9.55 Å². The number of fused-ring (bicyclic) bond motifs is 1. The predicted molar refractivity (Wildman–Crippen MR) is 75.6 cm³/mol. The number of H-pyrrole nitrogens is 1. The van der Waals surface area contributed by atoms with E-state index in [0.717, 1.165) is 35.4 Å². The number of rotatable bonds is 5. The summed E-state index contributed by atoms with van der Waals surface area (Å²) in [4.78, 5) is 28.0.